The molecule has 0 spiro atoms. The number of nitrogens with two attached hydrogens (primary N) is 1. The topological polar surface area (TPSA) is 158 Å². The van der Waals surface area contributed by atoms with E-state index < -0.39 is 11.5 Å². The molecule has 0 bridgehead atoms. The van der Waals surface area contributed by atoms with E-state index in [4.69, 9.17) is 5.73 Å². The number of carbonyl (C=O) groups excluding carboxylic acids is 1. The number of imidazole rings is 2. The standard InChI is InChI=1S/C19H16N4O2S.C10H8N4S/c1-19(25,12-5-3-2-4-6-12)18(24)21-13-7-8-14-15(9-13)23-17(22-14)16-10-26-11-20-16;11-6-1-2-7-8(3-6)14-10(13-7)9-4-15-5-12-9/h2-11,25H,1H3,(H,21,24)(H,22,23);1-5H,11H2,(H,13,14)/t19-;/m0./s1. The Morgan fingerprint density at radius 3 is 2.02 bits per heavy atom. The van der Waals surface area contributed by atoms with Crippen LogP contribution in [0, 0.1) is 0 Å². The van der Waals surface area contributed by atoms with Gasteiger partial charge in [0.25, 0.3) is 5.91 Å². The van der Waals surface area contributed by atoms with E-state index in [1.807, 2.05) is 41.1 Å². The lowest BCUT2D eigenvalue weighted by molar-refractivity contribution is -0.133. The fourth-order valence-electron chi connectivity index (χ4n) is 4.16. The van der Waals surface area contributed by atoms with Crippen molar-refractivity contribution in [2.24, 2.45) is 0 Å². The van der Waals surface area contributed by atoms with Crippen molar-refractivity contribution in [3.8, 4) is 23.0 Å². The van der Waals surface area contributed by atoms with Gasteiger partial charge in [-0.25, -0.2) is 19.9 Å². The molecule has 0 aliphatic rings. The number of amides is 1. The molecule has 6 N–H and O–H groups in total. The molecule has 41 heavy (non-hydrogen) atoms. The second kappa shape index (κ2) is 10.9. The number of thiazole rings is 2. The zero-order valence-electron chi connectivity index (χ0n) is 21.7. The zero-order chi connectivity index (χ0) is 28.4. The highest BCUT2D eigenvalue weighted by molar-refractivity contribution is 7.08. The molecule has 1 atom stereocenters. The SMILES string of the molecule is C[C@@](O)(C(=O)Nc1ccc2nc(-c3cscn3)[nH]c2c1)c1ccccc1.Nc1ccc2nc(-c3cscn3)[nH]c2c1. The Morgan fingerprint density at radius 1 is 0.854 bits per heavy atom. The zero-order valence-corrected chi connectivity index (χ0v) is 23.3. The van der Waals surface area contributed by atoms with Gasteiger partial charge in [0.2, 0.25) is 0 Å². The second-order valence-electron chi connectivity index (χ2n) is 9.32. The molecule has 0 aliphatic heterocycles. The van der Waals surface area contributed by atoms with Crippen LogP contribution < -0.4 is 11.1 Å². The van der Waals surface area contributed by atoms with E-state index in [9.17, 15) is 9.90 Å². The van der Waals surface area contributed by atoms with Gasteiger partial charge in [0.05, 0.1) is 33.1 Å². The number of aromatic nitrogens is 6. The first-order valence-electron chi connectivity index (χ1n) is 12.5. The van der Waals surface area contributed by atoms with Gasteiger partial charge in [-0.1, -0.05) is 30.3 Å². The van der Waals surface area contributed by atoms with Crippen LogP contribution in [0.15, 0.2) is 88.5 Å². The number of nitrogen functional groups attached to an aromatic ring is 1. The predicted molar refractivity (Wildman–Crippen MR) is 163 cm³/mol. The summed E-state index contributed by atoms with van der Waals surface area (Å²) in [5.41, 5.74) is 14.5. The molecule has 0 saturated carbocycles. The molecule has 0 fully saturated rings. The fraction of sp³-hybridized carbons (Fsp3) is 0.0690. The summed E-state index contributed by atoms with van der Waals surface area (Å²) in [7, 11) is 0. The Morgan fingerprint density at radius 2 is 1.44 bits per heavy atom. The van der Waals surface area contributed by atoms with Crippen LogP contribution in [0.25, 0.3) is 45.1 Å². The number of nitrogens with one attached hydrogen (secondary N) is 3. The van der Waals surface area contributed by atoms with Gasteiger partial charge >= 0.3 is 0 Å². The molecule has 204 valence electrons. The molecule has 0 radical (unpaired) electrons. The van der Waals surface area contributed by atoms with Gasteiger partial charge in [0.1, 0.15) is 11.4 Å². The van der Waals surface area contributed by atoms with E-state index in [0.29, 0.717) is 17.1 Å². The highest BCUT2D eigenvalue weighted by atomic mass is 32.1. The number of hydrogen-bond donors (Lipinski definition) is 5. The maximum atomic E-state index is 12.6. The van der Waals surface area contributed by atoms with Crippen LogP contribution >= 0.6 is 22.7 Å². The maximum Gasteiger partial charge on any atom is 0.260 e. The summed E-state index contributed by atoms with van der Waals surface area (Å²) in [6.07, 6.45) is 0. The molecule has 12 heteroatoms. The van der Waals surface area contributed by atoms with Crippen molar-refractivity contribution in [1.82, 2.24) is 29.9 Å². The van der Waals surface area contributed by atoms with Crippen LogP contribution in [-0.2, 0) is 10.4 Å². The van der Waals surface area contributed by atoms with E-state index in [-0.39, 0.29) is 0 Å². The highest BCUT2D eigenvalue weighted by Gasteiger charge is 2.32. The number of anilines is 2. The number of aromatic amines is 2. The highest BCUT2D eigenvalue weighted by Crippen LogP contribution is 2.26. The molecule has 7 aromatic rings. The van der Waals surface area contributed by atoms with Crippen LogP contribution in [0.2, 0.25) is 0 Å². The number of benzene rings is 3. The van der Waals surface area contributed by atoms with E-state index in [2.05, 4.69) is 35.2 Å². The third kappa shape index (κ3) is 5.57. The Bertz CT molecular complexity index is 1930. The minimum atomic E-state index is -1.63. The maximum absolute atomic E-state index is 12.6. The van der Waals surface area contributed by atoms with E-state index >= 15 is 0 Å². The van der Waals surface area contributed by atoms with Crippen LogP contribution in [0.1, 0.15) is 12.5 Å². The van der Waals surface area contributed by atoms with Crippen molar-refractivity contribution >= 4 is 62.0 Å². The molecule has 1 amide bonds. The number of carbonyl (C=O) groups is 1. The number of aliphatic hydroxyl groups is 1. The Labute approximate surface area is 242 Å². The molecule has 4 heterocycles. The van der Waals surface area contributed by atoms with Crippen LogP contribution in [0.3, 0.4) is 0 Å². The fourth-order valence-corrected chi connectivity index (χ4v) is 5.24. The average molecular weight is 581 g/mol. The van der Waals surface area contributed by atoms with Crippen molar-refractivity contribution < 1.29 is 9.90 Å². The summed E-state index contributed by atoms with van der Waals surface area (Å²) in [6, 6.07) is 19.8. The van der Waals surface area contributed by atoms with Crippen molar-refractivity contribution in [3.05, 3.63) is 94.1 Å². The first kappa shape index (κ1) is 26.3. The van der Waals surface area contributed by atoms with Crippen LogP contribution in [0.4, 0.5) is 11.4 Å². The predicted octanol–water partition coefficient (Wildman–Crippen LogP) is 5.80. The summed E-state index contributed by atoms with van der Waals surface area (Å²) in [6.45, 7) is 1.48. The quantitative estimate of drug-likeness (QED) is 0.161. The summed E-state index contributed by atoms with van der Waals surface area (Å²) in [5, 5.41) is 17.3. The van der Waals surface area contributed by atoms with Crippen molar-refractivity contribution in [2.75, 3.05) is 11.1 Å². The summed E-state index contributed by atoms with van der Waals surface area (Å²) in [4.78, 5) is 36.3. The van der Waals surface area contributed by atoms with Crippen molar-refractivity contribution in [1.29, 1.82) is 0 Å². The van der Waals surface area contributed by atoms with Gasteiger partial charge in [0.15, 0.2) is 17.2 Å². The lowest BCUT2D eigenvalue weighted by Gasteiger charge is -2.22. The second-order valence-corrected chi connectivity index (χ2v) is 10.8. The van der Waals surface area contributed by atoms with Crippen molar-refractivity contribution in [3.63, 3.8) is 0 Å². The van der Waals surface area contributed by atoms with Gasteiger partial charge < -0.3 is 26.1 Å². The first-order chi connectivity index (χ1) is 19.9. The van der Waals surface area contributed by atoms with Crippen LogP contribution in [-0.4, -0.2) is 40.9 Å². The minimum absolute atomic E-state index is 0.498. The average Bonchev–Trinajstić information content (AvgIpc) is 3.79. The lowest BCUT2D eigenvalue weighted by Crippen LogP contribution is -2.37. The lowest BCUT2D eigenvalue weighted by atomic mass is 9.95. The summed E-state index contributed by atoms with van der Waals surface area (Å²) in [5.74, 6) is 0.972. The van der Waals surface area contributed by atoms with E-state index in [1.54, 1.807) is 58.8 Å². The third-order valence-corrected chi connectivity index (χ3v) is 7.55. The Balaban J connectivity index is 0.000000170. The molecule has 0 aliphatic carbocycles. The normalized spacial score (nSPS) is 12.5. The first-order valence-corrected chi connectivity index (χ1v) is 14.4. The van der Waals surface area contributed by atoms with Gasteiger partial charge in [0, 0.05) is 22.1 Å². The molecular formula is C29H24N8O2S2. The molecule has 0 unspecified atom stereocenters. The number of fused-ring (bicyclic) bond motifs is 2. The van der Waals surface area contributed by atoms with Gasteiger partial charge in [-0.3, -0.25) is 4.79 Å². The number of H-pyrrole nitrogens is 2. The van der Waals surface area contributed by atoms with Gasteiger partial charge in [-0.15, -0.1) is 22.7 Å². The van der Waals surface area contributed by atoms with Crippen LogP contribution in [0.5, 0.6) is 0 Å². The largest absolute Gasteiger partial charge is 0.399 e. The smallest absolute Gasteiger partial charge is 0.260 e. The van der Waals surface area contributed by atoms with E-state index in [1.165, 1.54) is 18.3 Å². The molecule has 10 nitrogen and oxygen atoms in total. The van der Waals surface area contributed by atoms with Crippen molar-refractivity contribution in [2.45, 2.75) is 12.5 Å². The van der Waals surface area contributed by atoms with Gasteiger partial charge in [-0.05, 0) is 48.9 Å². The monoisotopic (exact) mass is 580 g/mol. The Hall–Kier alpha value is -4.91. The minimum Gasteiger partial charge on any atom is -0.399 e. The summed E-state index contributed by atoms with van der Waals surface area (Å²) >= 11 is 3.05. The number of hydrogen-bond acceptors (Lipinski definition) is 9. The molecule has 7 rings (SSSR count). The molecule has 0 saturated heterocycles. The Kier molecular flexibility index (Phi) is 7.01. The van der Waals surface area contributed by atoms with Gasteiger partial charge in [-0.2, -0.15) is 0 Å². The molecule has 4 aromatic heterocycles. The van der Waals surface area contributed by atoms with E-state index in [0.717, 1.165) is 45.0 Å². The summed E-state index contributed by atoms with van der Waals surface area (Å²) < 4.78 is 0. The number of rotatable bonds is 5. The number of nitrogens with zero attached hydrogens (tertiary/aromatic N) is 4. The molecule has 3 aromatic carbocycles. The third-order valence-electron chi connectivity index (χ3n) is 6.37. The molecular weight excluding hydrogens is 557 g/mol.